The summed E-state index contributed by atoms with van der Waals surface area (Å²) in [5, 5.41) is 11.7. The highest BCUT2D eigenvalue weighted by Gasteiger charge is 2.20. The van der Waals surface area contributed by atoms with E-state index in [9.17, 15) is 14.9 Å². The molecule has 0 saturated heterocycles. The summed E-state index contributed by atoms with van der Waals surface area (Å²) in [5.41, 5.74) is 4.61. The number of anilines is 1. The third kappa shape index (κ3) is 4.28. The second-order valence-electron chi connectivity index (χ2n) is 5.69. The van der Waals surface area contributed by atoms with Crippen LogP contribution in [0.15, 0.2) is 28.9 Å². The lowest BCUT2D eigenvalue weighted by Crippen LogP contribution is -2.36. The Kier molecular flexibility index (Phi) is 4.69. The number of nitrogens with one attached hydrogen (secondary N) is 2. The molecule has 1 aromatic carbocycles. The van der Waals surface area contributed by atoms with Gasteiger partial charge in [-0.3, -0.25) is 15.5 Å². The number of aromatic nitrogens is 1. The Morgan fingerprint density at radius 3 is 2.70 bits per heavy atom. The summed E-state index contributed by atoms with van der Waals surface area (Å²) in [5.74, 6) is 0. The van der Waals surface area contributed by atoms with Crippen molar-refractivity contribution >= 4 is 44.3 Å². The number of rotatable bonds is 3. The molecule has 0 fully saturated rings. The van der Waals surface area contributed by atoms with Crippen molar-refractivity contribution in [3.63, 3.8) is 0 Å². The molecule has 23 heavy (non-hydrogen) atoms. The number of halogens is 1. The summed E-state index contributed by atoms with van der Waals surface area (Å²) in [6.45, 7) is 5.15. The molecule has 0 atom stereocenters. The number of hydrogen-bond donors (Lipinski definition) is 2. The minimum atomic E-state index is -0.742. The van der Waals surface area contributed by atoms with Gasteiger partial charge in [-0.15, -0.1) is 0 Å². The summed E-state index contributed by atoms with van der Waals surface area (Å²) in [6.07, 6.45) is 0.391. The van der Waals surface area contributed by atoms with E-state index in [1.807, 2.05) is 0 Å². The Morgan fingerprint density at radius 1 is 1.39 bits per heavy atom. The zero-order valence-corrected chi connectivity index (χ0v) is 14.3. The Labute approximate surface area is 140 Å². The Bertz CT molecular complexity index is 773. The molecule has 122 valence electrons. The highest BCUT2D eigenvalue weighted by atomic mass is 79.9. The van der Waals surface area contributed by atoms with Crippen molar-refractivity contribution in [1.82, 2.24) is 10.4 Å². The molecule has 0 saturated carbocycles. The normalized spacial score (nSPS) is 11.1. The molecule has 0 aliphatic rings. The molecule has 1 heterocycles. The van der Waals surface area contributed by atoms with E-state index in [4.69, 9.17) is 4.74 Å². The fourth-order valence-electron chi connectivity index (χ4n) is 1.84. The van der Waals surface area contributed by atoms with Gasteiger partial charge in [0.15, 0.2) is 0 Å². The number of pyridine rings is 1. The van der Waals surface area contributed by atoms with E-state index in [0.717, 1.165) is 10.7 Å². The van der Waals surface area contributed by atoms with Gasteiger partial charge in [0.05, 0.1) is 10.4 Å². The first-order valence-corrected chi connectivity index (χ1v) is 7.44. The number of nitrogens with zero attached hydrogens (tertiary/aromatic N) is 2. The first-order valence-electron chi connectivity index (χ1n) is 6.65. The summed E-state index contributed by atoms with van der Waals surface area (Å²) < 4.78 is 5.87. The van der Waals surface area contributed by atoms with Gasteiger partial charge in [-0.2, -0.15) is 0 Å². The molecule has 0 aliphatic carbocycles. The van der Waals surface area contributed by atoms with Crippen LogP contribution in [-0.4, -0.2) is 21.6 Å². The van der Waals surface area contributed by atoms with Gasteiger partial charge in [0.2, 0.25) is 0 Å². The van der Waals surface area contributed by atoms with E-state index in [0.29, 0.717) is 10.9 Å². The Morgan fingerprint density at radius 2 is 2.09 bits per heavy atom. The van der Waals surface area contributed by atoms with Crippen LogP contribution in [0.1, 0.15) is 20.8 Å². The van der Waals surface area contributed by atoms with Crippen molar-refractivity contribution in [2.45, 2.75) is 26.4 Å². The highest BCUT2D eigenvalue weighted by Crippen LogP contribution is 2.32. The minimum Gasteiger partial charge on any atom is -0.443 e. The summed E-state index contributed by atoms with van der Waals surface area (Å²) >= 11 is 3.32. The summed E-state index contributed by atoms with van der Waals surface area (Å²) in [6, 6.07) is 5.11. The van der Waals surface area contributed by atoms with Crippen molar-refractivity contribution in [3.05, 3.63) is 39.0 Å². The first-order chi connectivity index (χ1) is 10.7. The number of ether oxygens (including phenoxy) is 1. The molecule has 0 bridgehead atoms. The maximum Gasteiger partial charge on any atom is 0.426 e. The van der Waals surface area contributed by atoms with Crippen LogP contribution in [0, 0.1) is 10.1 Å². The maximum atomic E-state index is 11.7. The van der Waals surface area contributed by atoms with Crippen LogP contribution >= 0.6 is 15.9 Å². The Hall–Kier alpha value is -2.42. The van der Waals surface area contributed by atoms with E-state index in [1.54, 1.807) is 39.0 Å². The van der Waals surface area contributed by atoms with Gasteiger partial charge in [0.25, 0.3) is 0 Å². The Balaban J connectivity index is 2.35. The van der Waals surface area contributed by atoms with Gasteiger partial charge in [0.1, 0.15) is 17.5 Å². The molecule has 0 radical (unpaired) electrons. The predicted molar refractivity (Wildman–Crippen MR) is 89.1 cm³/mol. The standard InChI is InChI=1S/C14H15BrN4O4/c1-14(2,3)23-13(20)18-17-12-9-5-4-8(15)6-10(9)16-7-11(12)19(21)22/h4-7H,1-3H3,(H,16,17)(H,18,20). The van der Waals surface area contributed by atoms with Gasteiger partial charge < -0.3 is 4.74 Å². The molecule has 2 rings (SSSR count). The number of amides is 1. The molecule has 9 heteroatoms. The second-order valence-corrected chi connectivity index (χ2v) is 6.60. The van der Waals surface area contributed by atoms with Crippen molar-refractivity contribution in [3.8, 4) is 0 Å². The molecule has 1 amide bonds. The maximum absolute atomic E-state index is 11.7. The topological polar surface area (TPSA) is 106 Å². The fourth-order valence-corrected chi connectivity index (χ4v) is 2.19. The number of hydrazine groups is 1. The minimum absolute atomic E-state index is 0.137. The quantitative estimate of drug-likeness (QED) is 0.618. The van der Waals surface area contributed by atoms with Crippen LogP contribution in [-0.2, 0) is 4.74 Å². The number of fused-ring (bicyclic) bond motifs is 1. The molecule has 0 aliphatic heterocycles. The van der Waals surface area contributed by atoms with E-state index >= 15 is 0 Å². The molecule has 1 aromatic heterocycles. The molecule has 0 spiro atoms. The zero-order chi connectivity index (χ0) is 17.2. The molecular formula is C14H15BrN4O4. The van der Waals surface area contributed by atoms with Gasteiger partial charge >= 0.3 is 11.8 Å². The summed E-state index contributed by atoms with van der Waals surface area (Å²) in [7, 11) is 0. The number of carbonyl (C=O) groups excluding carboxylic acids is 1. The van der Waals surface area contributed by atoms with Crippen molar-refractivity contribution < 1.29 is 14.5 Å². The smallest absolute Gasteiger partial charge is 0.426 e. The largest absolute Gasteiger partial charge is 0.443 e. The number of hydrogen-bond acceptors (Lipinski definition) is 6. The summed E-state index contributed by atoms with van der Waals surface area (Å²) in [4.78, 5) is 26.4. The lowest BCUT2D eigenvalue weighted by atomic mass is 10.1. The van der Waals surface area contributed by atoms with E-state index in [2.05, 4.69) is 31.8 Å². The van der Waals surface area contributed by atoms with Crippen LogP contribution < -0.4 is 10.9 Å². The average Bonchev–Trinajstić information content (AvgIpc) is 2.42. The number of benzene rings is 1. The SMILES string of the molecule is CC(C)(C)OC(=O)NNc1c([N+](=O)[O-])cnc2cc(Br)ccc12. The lowest BCUT2D eigenvalue weighted by molar-refractivity contribution is -0.384. The molecule has 2 N–H and O–H groups in total. The predicted octanol–water partition coefficient (Wildman–Crippen LogP) is 3.76. The number of carbonyl (C=O) groups is 1. The number of nitro groups is 1. The van der Waals surface area contributed by atoms with Crippen LogP contribution in [0.3, 0.4) is 0 Å². The van der Waals surface area contributed by atoms with Crippen LogP contribution in [0.5, 0.6) is 0 Å². The zero-order valence-electron chi connectivity index (χ0n) is 12.7. The van der Waals surface area contributed by atoms with Gasteiger partial charge in [-0.25, -0.2) is 15.2 Å². The van der Waals surface area contributed by atoms with Crippen molar-refractivity contribution in [2.75, 3.05) is 5.43 Å². The first kappa shape index (κ1) is 16.9. The van der Waals surface area contributed by atoms with E-state index < -0.39 is 16.6 Å². The monoisotopic (exact) mass is 382 g/mol. The average molecular weight is 383 g/mol. The van der Waals surface area contributed by atoms with Crippen molar-refractivity contribution in [1.29, 1.82) is 0 Å². The highest BCUT2D eigenvalue weighted by molar-refractivity contribution is 9.10. The van der Waals surface area contributed by atoms with Gasteiger partial charge in [0, 0.05) is 9.86 Å². The molecule has 8 nitrogen and oxygen atoms in total. The third-order valence-electron chi connectivity index (χ3n) is 2.70. The van der Waals surface area contributed by atoms with Crippen LogP contribution in [0.4, 0.5) is 16.2 Å². The molecular weight excluding hydrogens is 368 g/mol. The lowest BCUT2D eigenvalue weighted by Gasteiger charge is -2.20. The molecule has 0 unspecified atom stereocenters. The van der Waals surface area contributed by atoms with Gasteiger partial charge in [-0.05, 0) is 39.0 Å². The van der Waals surface area contributed by atoms with Crippen LogP contribution in [0.2, 0.25) is 0 Å². The third-order valence-corrected chi connectivity index (χ3v) is 3.19. The van der Waals surface area contributed by atoms with E-state index in [-0.39, 0.29) is 11.4 Å². The second kappa shape index (κ2) is 6.37. The van der Waals surface area contributed by atoms with E-state index in [1.165, 1.54) is 0 Å². The van der Waals surface area contributed by atoms with Crippen molar-refractivity contribution in [2.24, 2.45) is 0 Å². The molecule has 2 aromatic rings. The van der Waals surface area contributed by atoms with Crippen LogP contribution in [0.25, 0.3) is 10.9 Å². The van der Waals surface area contributed by atoms with Gasteiger partial charge in [-0.1, -0.05) is 15.9 Å². The fraction of sp³-hybridized carbons (Fsp3) is 0.286.